The first kappa shape index (κ1) is 20.6. The number of alkyl halides is 1. The predicted octanol–water partition coefficient (Wildman–Crippen LogP) is 3.55. The molecule has 0 spiro atoms. The molecule has 164 valence electrons. The summed E-state index contributed by atoms with van der Waals surface area (Å²) in [5.74, 6) is 0. The number of hydrogen-bond donors (Lipinski definition) is 1. The summed E-state index contributed by atoms with van der Waals surface area (Å²) in [6.07, 6.45) is 1.94. The second-order valence-electron chi connectivity index (χ2n) is 7.88. The molecule has 0 amide bonds. The topological polar surface area (TPSA) is 100 Å². The lowest BCUT2D eigenvalue weighted by molar-refractivity contribution is 0.304. The first-order chi connectivity index (χ1) is 15.3. The number of halogens is 1. The quantitative estimate of drug-likeness (QED) is 0.508. The molecule has 4 aromatic rings. The number of nitrogens with two attached hydrogens (primary N) is 1. The van der Waals surface area contributed by atoms with Crippen LogP contribution >= 0.6 is 0 Å². The van der Waals surface area contributed by atoms with Gasteiger partial charge < -0.3 is 10.5 Å². The summed E-state index contributed by atoms with van der Waals surface area (Å²) in [6, 6.07) is 11.2. The minimum atomic E-state index is -3.97. The van der Waals surface area contributed by atoms with Crippen LogP contribution in [0.3, 0.4) is 0 Å². The summed E-state index contributed by atoms with van der Waals surface area (Å²) in [5.41, 5.74) is 9.74. The molecule has 0 fully saturated rings. The Bertz CT molecular complexity index is 1430. The monoisotopic (exact) mass is 452 g/mol. The van der Waals surface area contributed by atoms with Gasteiger partial charge in [0.05, 0.1) is 29.3 Å². The zero-order valence-corrected chi connectivity index (χ0v) is 18.3. The van der Waals surface area contributed by atoms with E-state index in [-0.39, 0.29) is 17.3 Å². The predicted molar refractivity (Wildman–Crippen MR) is 119 cm³/mol. The Hall–Kier alpha value is -3.30. The molecule has 0 aliphatic heterocycles. The lowest BCUT2D eigenvalue weighted by Crippen LogP contribution is -2.17. The van der Waals surface area contributed by atoms with Crippen LogP contribution in [0.5, 0.6) is 6.01 Å². The molecule has 9 heteroatoms. The van der Waals surface area contributed by atoms with Gasteiger partial charge in [-0.3, -0.25) is 0 Å². The van der Waals surface area contributed by atoms with Gasteiger partial charge in [-0.15, -0.1) is 0 Å². The Balaban J connectivity index is 1.81. The third-order valence-electron chi connectivity index (χ3n) is 5.90. The molecular formula is C23H21FN4O3S. The molecule has 1 aliphatic carbocycles. The summed E-state index contributed by atoms with van der Waals surface area (Å²) in [6.45, 7) is 1.89. The maximum Gasteiger partial charge on any atom is 0.316 e. The highest BCUT2D eigenvalue weighted by atomic mass is 32.2. The maximum atomic E-state index is 14.4. The Morgan fingerprint density at radius 3 is 2.47 bits per heavy atom. The van der Waals surface area contributed by atoms with E-state index in [1.807, 2.05) is 6.92 Å². The van der Waals surface area contributed by atoms with Crippen molar-refractivity contribution in [3.63, 3.8) is 0 Å². The number of hydrogen-bond acceptors (Lipinski definition) is 6. The highest BCUT2D eigenvalue weighted by molar-refractivity contribution is 7.90. The lowest BCUT2D eigenvalue weighted by Gasteiger charge is -2.13. The molecule has 0 radical (unpaired) electrons. The maximum absolute atomic E-state index is 14.4. The molecule has 5 rings (SSSR count). The largest absolute Gasteiger partial charge is 0.467 e. The third kappa shape index (κ3) is 3.08. The highest BCUT2D eigenvalue weighted by Crippen LogP contribution is 2.40. The summed E-state index contributed by atoms with van der Waals surface area (Å²) in [7, 11) is -2.52. The van der Waals surface area contributed by atoms with Crippen molar-refractivity contribution in [2.24, 2.45) is 5.73 Å². The van der Waals surface area contributed by atoms with E-state index in [4.69, 9.17) is 10.5 Å². The van der Waals surface area contributed by atoms with Gasteiger partial charge in [-0.25, -0.2) is 26.7 Å². The van der Waals surface area contributed by atoms with E-state index in [1.165, 1.54) is 23.5 Å². The molecule has 32 heavy (non-hydrogen) atoms. The van der Waals surface area contributed by atoms with Gasteiger partial charge >= 0.3 is 6.01 Å². The summed E-state index contributed by atoms with van der Waals surface area (Å²) in [4.78, 5) is 8.40. The Morgan fingerprint density at radius 1 is 1.12 bits per heavy atom. The van der Waals surface area contributed by atoms with Gasteiger partial charge in [-0.1, -0.05) is 23.8 Å². The van der Waals surface area contributed by atoms with Crippen molar-refractivity contribution in [3.8, 4) is 17.3 Å². The van der Waals surface area contributed by atoms with Gasteiger partial charge in [0.2, 0.25) is 0 Å². The highest BCUT2D eigenvalue weighted by Gasteiger charge is 2.33. The Morgan fingerprint density at radius 2 is 1.81 bits per heavy atom. The van der Waals surface area contributed by atoms with Gasteiger partial charge in [0.15, 0.2) is 0 Å². The van der Waals surface area contributed by atoms with Crippen LogP contribution in [0.25, 0.3) is 22.2 Å². The number of aromatic nitrogens is 3. The molecule has 0 saturated carbocycles. The first-order valence-corrected chi connectivity index (χ1v) is 11.5. The summed E-state index contributed by atoms with van der Waals surface area (Å²) >= 11 is 0. The normalized spacial score (nSPS) is 18.1. The van der Waals surface area contributed by atoms with Crippen molar-refractivity contribution >= 4 is 20.9 Å². The molecule has 0 unspecified atom stereocenters. The van der Waals surface area contributed by atoms with E-state index in [9.17, 15) is 12.8 Å². The summed E-state index contributed by atoms with van der Waals surface area (Å²) < 4.78 is 48.2. The van der Waals surface area contributed by atoms with Crippen LogP contribution < -0.4 is 10.5 Å². The van der Waals surface area contributed by atoms with Gasteiger partial charge in [-0.05, 0) is 42.3 Å². The van der Waals surface area contributed by atoms with Gasteiger partial charge in [0, 0.05) is 29.8 Å². The first-order valence-electron chi connectivity index (χ1n) is 10.1. The second kappa shape index (κ2) is 7.39. The van der Waals surface area contributed by atoms with Gasteiger partial charge in [-0.2, -0.15) is 0 Å². The third-order valence-corrected chi connectivity index (χ3v) is 7.64. The fourth-order valence-corrected chi connectivity index (χ4v) is 5.74. The van der Waals surface area contributed by atoms with Gasteiger partial charge in [0.1, 0.15) is 6.17 Å². The minimum Gasteiger partial charge on any atom is -0.467 e. The minimum absolute atomic E-state index is 0.140. The molecule has 2 aromatic carbocycles. The molecule has 7 nitrogen and oxygen atoms in total. The van der Waals surface area contributed by atoms with Crippen LogP contribution in [0.1, 0.15) is 22.7 Å². The average molecular weight is 453 g/mol. The van der Waals surface area contributed by atoms with Crippen LogP contribution in [-0.2, 0) is 16.4 Å². The number of ether oxygens (including phenoxy) is 1. The Kier molecular flexibility index (Phi) is 4.75. The molecule has 2 N–H and O–H groups in total. The standard InChI is InChI=1S/C23H21FN4O3S/c1-13-3-5-15(6-4-13)32(29,30)28-20-8-7-16-17(9-19(24)22(16)25)18(20)10-21(28)14-11-26-23(31-2)27-12-14/h3-8,10-12,19,22H,9,25H2,1-2H3/t19-,22+/m0/s1. The fourth-order valence-electron chi connectivity index (χ4n) is 4.22. The number of benzene rings is 2. The number of fused-ring (bicyclic) bond motifs is 3. The SMILES string of the molecule is COc1ncc(-c2cc3c4c(ccc3n2S(=O)(=O)c2ccc(C)cc2)[C@@H](N)[C@@H](F)C4)cn1. The second-order valence-corrected chi connectivity index (χ2v) is 9.67. The number of aryl methyl sites for hydroxylation is 1. The number of rotatable bonds is 4. The molecule has 2 heterocycles. The van der Waals surface area contributed by atoms with E-state index < -0.39 is 22.2 Å². The van der Waals surface area contributed by atoms with Crippen molar-refractivity contribution in [2.45, 2.75) is 30.5 Å². The van der Waals surface area contributed by atoms with E-state index in [0.717, 1.165) is 11.1 Å². The van der Waals surface area contributed by atoms with Crippen LogP contribution in [-0.4, -0.2) is 35.6 Å². The lowest BCUT2D eigenvalue weighted by atomic mass is 10.0. The summed E-state index contributed by atoms with van der Waals surface area (Å²) in [5, 5.41) is 0.652. The number of nitrogens with zero attached hydrogens (tertiary/aromatic N) is 3. The van der Waals surface area contributed by atoms with Crippen molar-refractivity contribution in [3.05, 3.63) is 71.5 Å². The molecule has 1 aliphatic rings. The van der Waals surface area contributed by atoms with Crippen LogP contribution in [0.4, 0.5) is 4.39 Å². The molecule has 0 bridgehead atoms. The Labute approximate surface area is 184 Å². The van der Waals surface area contributed by atoms with Gasteiger partial charge in [0.25, 0.3) is 10.0 Å². The smallest absolute Gasteiger partial charge is 0.316 e. The van der Waals surface area contributed by atoms with E-state index in [0.29, 0.717) is 27.7 Å². The van der Waals surface area contributed by atoms with Crippen molar-refractivity contribution in [1.82, 2.24) is 13.9 Å². The zero-order valence-electron chi connectivity index (χ0n) is 17.5. The van der Waals surface area contributed by atoms with Crippen LogP contribution in [0.2, 0.25) is 0 Å². The van der Waals surface area contributed by atoms with Crippen LogP contribution in [0.15, 0.2) is 59.8 Å². The molecular weight excluding hydrogens is 431 g/mol. The van der Waals surface area contributed by atoms with E-state index >= 15 is 0 Å². The molecule has 2 aromatic heterocycles. The van der Waals surface area contributed by atoms with Crippen LogP contribution in [0, 0.1) is 6.92 Å². The number of methoxy groups -OCH3 is 1. The van der Waals surface area contributed by atoms with E-state index in [2.05, 4.69) is 9.97 Å². The fraction of sp³-hybridized carbons (Fsp3) is 0.217. The van der Waals surface area contributed by atoms with Crippen molar-refractivity contribution in [1.29, 1.82) is 0 Å². The van der Waals surface area contributed by atoms with Crippen molar-refractivity contribution < 1.29 is 17.5 Å². The van der Waals surface area contributed by atoms with Crippen molar-refractivity contribution in [2.75, 3.05) is 7.11 Å². The molecule has 2 atom stereocenters. The van der Waals surface area contributed by atoms with E-state index in [1.54, 1.807) is 42.5 Å². The molecule has 0 saturated heterocycles. The average Bonchev–Trinajstić information content (AvgIpc) is 3.32. The zero-order chi connectivity index (χ0) is 22.6.